The van der Waals surface area contributed by atoms with Gasteiger partial charge >= 0.3 is 0 Å². The third kappa shape index (κ3) is 6.57. The summed E-state index contributed by atoms with van der Waals surface area (Å²) < 4.78 is 18.9. The highest BCUT2D eigenvalue weighted by molar-refractivity contribution is 14.0. The fourth-order valence-corrected chi connectivity index (χ4v) is 2.54. The molecule has 0 fully saturated rings. The van der Waals surface area contributed by atoms with Crippen LogP contribution in [0.25, 0.3) is 0 Å². The van der Waals surface area contributed by atoms with Gasteiger partial charge in [-0.05, 0) is 42.2 Å². The summed E-state index contributed by atoms with van der Waals surface area (Å²) in [4.78, 5) is 4.24. The minimum absolute atomic E-state index is 0. The van der Waals surface area contributed by atoms with Crippen LogP contribution in [0.4, 0.5) is 4.39 Å². The van der Waals surface area contributed by atoms with Crippen molar-refractivity contribution in [2.24, 2.45) is 4.99 Å². The van der Waals surface area contributed by atoms with Crippen molar-refractivity contribution in [1.82, 2.24) is 10.6 Å². The van der Waals surface area contributed by atoms with Crippen molar-refractivity contribution >= 4 is 29.9 Å². The summed E-state index contributed by atoms with van der Waals surface area (Å²) in [5, 5.41) is 6.57. The topological polar surface area (TPSA) is 45.7 Å². The van der Waals surface area contributed by atoms with Crippen LogP contribution in [0.2, 0.25) is 0 Å². The van der Waals surface area contributed by atoms with Crippen molar-refractivity contribution in [2.45, 2.75) is 33.0 Å². The second-order valence-corrected chi connectivity index (χ2v) is 6.05. The van der Waals surface area contributed by atoms with Gasteiger partial charge in [0.2, 0.25) is 0 Å². The molecular weight excluding hydrogens is 444 g/mol. The molecule has 0 aromatic heterocycles. The van der Waals surface area contributed by atoms with Crippen molar-refractivity contribution in [3.05, 3.63) is 70.5 Å². The predicted octanol–water partition coefficient (Wildman–Crippen LogP) is 4.32. The molecule has 0 saturated heterocycles. The quantitative estimate of drug-likeness (QED) is 0.375. The summed E-state index contributed by atoms with van der Waals surface area (Å²) in [5.74, 6) is 0.481. The maximum atomic E-state index is 13.7. The van der Waals surface area contributed by atoms with Crippen LogP contribution in [0.3, 0.4) is 0 Å². The molecule has 0 aliphatic carbocycles. The fraction of sp³-hybridized carbons (Fsp3) is 0.350. The van der Waals surface area contributed by atoms with E-state index in [9.17, 15) is 4.39 Å². The van der Waals surface area contributed by atoms with E-state index in [0.29, 0.717) is 24.7 Å². The van der Waals surface area contributed by atoms with Crippen LogP contribution >= 0.6 is 24.0 Å². The Labute approximate surface area is 172 Å². The largest absolute Gasteiger partial charge is 0.380 e. The molecule has 2 N–H and O–H groups in total. The number of ether oxygens (including phenoxy) is 1. The van der Waals surface area contributed by atoms with Gasteiger partial charge in [0.1, 0.15) is 5.82 Å². The monoisotopic (exact) mass is 471 g/mol. The lowest BCUT2D eigenvalue weighted by molar-refractivity contribution is 0.185. The molecule has 0 heterocycles. The summed E-state index contributed by atoms with van der Waals surface area (Å²) in [6, 6.07) is 13.4. The first-order valence-corrected chi connectivity index (χ1v) is 8.33. The first-order valence-electron chi connectivity index (χ1n) is 8.33. The molecule has 2 aromatic rings. The van der Waals surface area contributed by atoms with E-state index in [1.54, 1.807) is 33.2 Å². The highest BCUT2D eigenvalue weighted by Crippen LogP contribution is 2.16. The van der Waals surface area contributed by atoms with Crippen LogP contribution in [0.1, 0.15) is 35.2 Å². The molecule has 0 amide bonds. The SMILES string of the molecule is CN=C(NCc1cccc(COC)c1)NC(C)c1ccc(C)c(F)c1.I. The predicted molar refractivity (Wildman–Crippen MR) is 115 cm³/mol. The lowest BCUT2D eigenvalue weighted by atomic mass is 10.1. The summed E-state index contributed by atoms with van der Waals surface area (Å²) in [6.07, 6.45) is 0. The molecular formula is C20H27FIN3O. The number of benzene rings is 2. The fourth-order valence-electron chi connectivity index (χ4n) is 2.54. The van der Waals surface area contributed by atoms with E-state index in [0.717, 1.165) is 16.7 Å². The Balaban J connectivity index is 0.00000338. The molecule has 0 spiro atoms. The van der Waals surface area contributed by atoms with E-state index in [1.165, 1.54) is 0 Å². The first kappa shape index (κ1) is 22.4. The van der Waals surface area contributed by atoms with Crippen LogP contribution in [-0.4, -0.2) is 20.1 Å². The molecule has 1 atom stereocenters. The Hall–Kier alpha value is -1.67. The zero-order chi connectivity index (χ0) is 18.2. The van der Waals surface area contributed by atoms with Gasteiger partial charge in [0.25, 0.3) is 0 Å². The molecule has 2 aromatic carbocycles. The summed E-state index contributed by atoms with van der Waals surface area (Å²) in [5.41, 5.74) is 3.81. The maximum absolute atomic E-state index is 13.7. The van der Waals surface area contributed by atoms with E-state index in [-0.39, 0.29) is 35.8 Å². The molecule has 2 rings (SSSR count). The number of guanidine groups is 1. The second kappa shape index (κ2) is 11.1. The number of rotatable bonds is 6. The Morgan fingerprint density at radius 1 is 1.19 bits per heavy atom. The molecule has 0 aliphatic rings. The average Bonchev–Trinajstić information content (AvgIpc) is 2.61. The van der Waals surface area contributed by atoms with Gasteiger partial charge in [0.05, 0.1) is 12.6 Å². The number of nitrogens with one attached hydrogen (secondary N) is 2. The molecule has 0 bridgehead atoms. The molecule has 6 heteroatoms. The summed E-state index contributed by atoms with van der Waals surface area (Å²) >= 11 is 0. The van der Waals surface area contributed by atoms with Gasteiger partial charge in [-0.3, -0.25) is 4.99 Å². The average molecular weight is 471 g/mol. The minimum Gasteiger partial charge on any atom is -0.380 e. The molecule has 0 radical (unpaired) electrons. The normalized spacial score (nSPS) is 12.3. The van der Waals surface area contributed by atoms with Crippen molar-refractivity contribution in [1.29, 1.82) is 0 Å². The van der Waals surface area contributed by atoms with Crippen LogP contribution in [0.5, 0.6) is 0 Å². The van der Waals surface area contributed by atoms with Gasteiger partial charge in [-0.1, -0.05) is 36.4 Å². The van der Waals surface area contributed by atoms with Crippen molar-refractivity contribution in [3.63, 3.8) is 0 Å². The number of aliphatic imine (C=N–C) groups is 1. The van der Waals surface area contributed by atoms with E-state index >= 15 is 0 Å². The smallest absolute Gasteiger partial charge is 0.191 e. The highest BCUT2D eigenvalue weighted by atomic mass is 127. The number of aryl methyl sites for hydroxylation is 1. The van der Waals surface area contributed by atoms with Gasteiger partial charge in [-0.2, -0.15) is 0 Å². The van der Waals surface area contributed by atoms with Crippen molar-refractivity contribution < 1.29 is 9.13 Å². The number of halogens is 2. The van der Waals surface area contributed by atoms with Crippen LogP contribution in [0.15, 0.2) is 47.5 Å². The Morgan fingerprint density at radius 2 is 1.92 bits per heavy atom. The summed E-state index contributed by atoms with van der Waals surface area (Å²) in [6.45, 7) is 4.98. The number of hydrogen-bond acceptors (Lipinski definition) is 2. The molecule has 1 unspecified atom stereocenters. The van der Waals surface area contributed by atoms with Crippen molar-refractivity contribution in [2.75, 3.05) is 14.2 Å². The Morgan fingerprint density at radius 3 is 2.58 bits per heavy atom. The Kier molecular flexibility index (Phi) is 9.58. The van der Waals surface area contributed by atoms with E-state index in [4.69, 9.17) is 4.74 Å². The van der Waals surface area contributed by atoms with E-state index in [2.05, 4.69) is 27.8 Å². The van der Waals surface area contributed by atoms with Crippen LogP contribution in [0, 0.1) is 12.7 Å². The van der Waals surface area contributed by atoms with Crippen LogP contribution in [-0.2, 0) is 17.9 Å². The van der Waals surface area contributed by atoms with Gasteiger partial charge in [0.15, 0.2) is 5.96 Å². The van der Waals surface area contributed by atoms with E-state index in [1.807, 2.05) is 25.1 Å². The molecule has 0 aliphatic heterocycles. The lowest BCUT2D eigenvalue weighted by Gasteiger charge is -2.19. The highest BCUT2D eigenvalue weighted by Gasteiger charge is 2.10. The first-order chi connectivity index (χ1) is 12.0. The third-order valence-corrected chi connectivity index (χ3v) is 4.04. The minimum atomic E-state index is -0.191. The molecule has 142 valence electrons. The lowest BCUT2D eigenvalue weighted by Crippen LogP contribution is -2.38. The van der Waals surface area contributed by atoms with Gasteiger partial charge in [0, 0.05) is 20.7 Å². The zero-order valence-corrected chi connectivity index (χ0v) is 18.0. The number of hydrogen-bond donors (Lipinski definition) is 2. The standard InChI is InChI=1S/C20H26FN3O.HI/c1-14-8-9-18(11-19(14)21)15(2)24-20(22-3)23-12-16-6-5-7-17(10-16)13-25-4;/h5-11,15H,12-13H2,1-4H3,(H2,22,23,24);1H. The molecule has 0 saturated carbocycles. The molecule has 4 nitrogen and oxygen atoms in total. The summed E-state index contributed by atoms with van der Waals surface area (Å²) in [7, 11) is 3.41. The maximum Gasteiger partial charge on any atom is 0.191 e. The van der Waals surface area contributed by atoms with Gasteiger partial charge < -0.3 is 15.4 Å². The van der Waals surface area contributed by atoms with Crippen molar-refractivity contribution in [3.8, 4) is 0 Å². The Bertz CT molecular complexity index is 737. The number of methoxy groups -OCH3 is 1. The number of nitrogens with zero attached hydrogens (tertiary/aromatic N) is 1. The van der Waals surface area contributed by atoms with Gasteiger partial charge in [-0.25, -0.2) is 4.39 Å². The van der Waals surface area contributed by atoms with E-state index < -0.39 is 0 Å². The third-order valence-electron chi connectivity index (χ3n) is 4.04. The molecule has 26 heavy (non-hydrogen) atoms. The van der Waals surface area contributed by atoms with Crippen LogP contribution < -0.4 is 10.6 Å². The van der Waals surface area contributed by atoms with Gasteiger partial charge in [-0.15, -0.1) is 24.0 Å². The zero-order valence-electron chi connectivity index (χ0n) is 15.7. The second-order valence-electron chi connectivity index (χ2n) is 6.05.